The third-order valence-corrected chi connectivity index (χ3v) is 4.09. The van der Waals surface area contributed by atoms with Gasteiger partial charge in [0.2, 0.25) is 0 Å². The van der Waals surface area contributed by atoms with Crippen molar-refractivity contribution < 1.29 is 0 Å². The minimum atomic E-state index is 0.345. The summed E-state index contributed by atoms with van der Waals surface area (Å²) in [5.74, 6) is 1.12. The van der Waals surface area contributed by atoms with Gasteiger partial charge in [-0.1, -0.05) is 0 Å². The topological polar surface area (TPSA) is 50.3 Å². The fraction of sp³-hybridized carbons (Fsp3) is 0.786. The largest absolute Gasteiger partial charge is 0.394 e. The molecule has 0 unspecified atom stereocenters. The molecule has 1 aliphatic rings. The van der Waals surface area contributed by atoms with Crippen LogP contribution in [0.3, 0.4) is 0 Å². The highest BCUT2D eigenvalue weighted by molar-refractivity contribution is 5.66. The summed E-state index contributed by atoms with van der Waals surface area (Å²) in [4.78, 5) is 4.72. The van der Waals surface area contributed by atoms with Gasteiger partial charge in [-0.15, -0.1) is 0 Å². The van der Waals surface area contributed by atoms with Gasteiger partial charge in [0.15, 0.2) is 5.82 Å². The van der Waals surface area contributed by atoms with Gasteiger partial charge in [0.1, 0.15) is 0 Å². The number of hydrogen-bond acceptors (Lipinski definition) is 4. The van der Waals surface area contributed by atoms with E-state index in [4.69, 9.17) is 5.73 Å². The van der Waals surface area contributed by atoms with Crippen molar-refractivity contribution in [3.63, 3.8) is 0 Å². The minimum absolute atomic E-state index is 0.345. The quantitative estimate of drug-likeness (QED) is 0.906. The molecule has 2 rings (SSSR count). The molecule has 1 saturated heterocycles. The van der Waals surface area contributed by atoms with Gasteiger partial charge in [-0.2, -0.15) is 5.10 Å². The van der Waals surface area contributed by atoms with E-state index in [1.54, 1.807) is 0 Å². The Bertz CT molecular complexity index is 427. The van der Waals surface area contributed by atoms with E-state index in [0.29, 0.717) is 12.1 Å². The molecule has 0 aromatic carbocycles. The smallest absolute Gasteiger partial charge is 0.150 e. The lowest BCUT2D eigenvalue weighted by Gasteiger charge is -2.37. The number of nitrogen functional groups attached to an aromatic ring is 1. The van der Waals surface area contributed by atoms with Crippen molar-refractivity contribution in [1.82, 2.24) is 14.7 Å². The first kappa shape index (κ1) is 14.2. The van der Waals surface area contributed by atoms with E-state index < -0.39 is 0 Å². The van der Waals surface area contributed by atoms with Crippen molar-refractivity contribution in [2.45, 2.75) is 45.7 Å². The van der Waals surface area contributed by atoms with Crippen LogP contribution in [-0.2, 0) is 0 Å². The molecule has 0 radical (unpaired) electrons. The fourth-order valence-electron chi connectivity index (χ4n) is 2.82. The Labute approximate surface area is 116 Å². The SMILES string of the molecule is Cc1nn(C(C)C)c(N2CCC(N(C)C)CC2)c1N. The zero-order valence-electron chi connectivity index (χ0n) is 12.8. The Morgan fingerprint density at radius 2 is 1.84 bits per heavy atom. The first-order valence-corrected chi connectivity index (χ1v) is 7.17. The summed E-state index contributed by atoms with van der Waals surface area (Å²) in [7, 11) is 4.33. The van der Waals surface area contributed by atoms with Crippen LogP contribution < -0.4 is 10.6 Å². The van der Waals surface area contributed by atoms with Crippen LogP contribution in [0, 0.1) is 6.92 Å². The highest BCUT2D eigenvalue weighted by Crippen LogP contribution is 2.31. The van der Waals surface area contributed by atoms with Crippen molar-refractivity contribution in [2.75, 3.05) is 37.8 Å². The predicted molar refractivity (Wildman–Crippen MR) is 80.7 cm³/mol. The number of anilines is 2. The maximum absolute atomic E-state index is 6.23. The summed E-state index contributed by atoms with van der Waals surface area (Å²) < 4.78 is 2.07. The molecule has 2 heterocycles. The lowest BCUT2D eigenvalue weighted by Crippen LogP contribution is -2.43. The third kappa shape index (κ3) is 2.71. The molecule has 0 amide bonds. The molecule has 19 heavy (non-hydrogen) atoms. The summed E-state index contributed by atoms with van der Waals surface area (Å²) >= 11 is 0. The Hall–Kier alpha value is -1.23. The van der Waals surface area contributed by atoms with Gasteiger partial charge in [-0.3, -0.25) is 0 Å². The standard InChI is InChI=1S/C14H27N5/c1-10(2)19-14(13(15)11(3)16-19)18-8-6-12(7-9-18)17(4)5/h10,12H,6-9,15H2,1-5H3. The van der Waals surface area contributed by atoms with E-state index >= 15 is 0 Å². The van der Waals surface area contributed by atoms with Crippen LogP contribution in [0.4, 0.5) is 11.5 Å². The first-order chi connectivity index (χ1) is 8.91. The van der Waals surface area contributed by atoms with E-state index in [0.717, 1.165) is 30.3 Å². The molecule has 1 aliphatic heterocycles. The second-order valence-corrected chi connectivity index (χ2v) is 6.04. The van der Waals surface area contributed by atoms with Crippen LogP contribution in [0.15, 0.2) is 0 Å². The highest BCUT2D eigenvalue weighted by Gasteiger charge is 2.26. The summed E-state index contributed by atoms with van der Waals surface area (Å²) in [5, 5.41) is 4.58. The number of piperidine rings is 1. The van der Waals surface area contributed by atoms with Crippen LogP contribution in [0.25, 0.3) is 0 Å². The number of nitrogens with two attached hydrogens (primary N) is 1. The van der Waals surface area contributed by atoms with Gasteiger partial charge < -0.3 is 15.5 Å². The normalized spacial score (nSPS) is 17.7. The van der Waals surface area contributed by atoms with Crippen LogP contribution in [0.1, 0.15) is 38.4 Å². The number of hydrogen-bond donors (Lipinski definition) is 1. The van der Waals surface area contributed by atoms with E-state index in [2.05, 4.69) is 47.5 Å². The van der Waals surface area contributed by atoms with E-state index in [1.165, 1.54) is 12.8 Å². The summed E-state index contributed by atoms with van der Waals surface area (Å²) in [5.41, 5.74) is 8.02. The Morgan fingerprint density at radius 3 is 2.32 bits per heavy atom. The average molecular weight is 265 g/mol. The Balaban J connectivity index is 2.19. The number of nitrogens with zero attached hydrogens (tertiary/aromatic N) is 4. The van der Waals surface area contributed by atoms with Gasteiger partial charge in [0.05, 0.1) is 11.4 Å². The van der Waals surface area contributed by atoms with Gasteiger partial charge in [0.25, 0.3) is 0 Å². The second-order valence-electron chi connectivity index (χ2n) is 6.04. The zero-order chi connectivity index (χ0) is 14.2. The molecule has 2 N–H and O–H groups in total. The summed E-state index contributed by atoms with van der Waals surface area (Å²) in [6.07, 6.45) is 2.38. The molecule has 5 nitrogen and oxygen atoms in total. The second kappa shape index (κ2) is 5.41. The van der Waals surface area contributed by atoms with Gasteiger partial charge in [-0.05, 0) is 47.7 Å². The molecule has 0 spiro atoms. The van der Waals surface area contributed by atoms with Crippen molar-refractivity contribution in [2.24, 2.45) is 0 Å². The average Bonchev–Trinajstić information content (AvgIpc) is 2.66. The molecule has 0 bridgehead atoms. The molecular formula is C14H27N5. The predicted octanol–water partition coefficient (Wildman–Crippen LogP) is 1.89. The van der Waals surface area contributed by atoms with Crippen LogP contribution in [-0.4, -0.2) is 47.9 Å². The van der Waals surface area contributed by atoms with Crippen LogP contribution >= 0.6 is 0 Å². The third-order valence-electron chi connectivity index (χ3n) is 4.09. The minimum Gasteiger partial charge on any atom is -0.394 e. The molecule has 0 atom stereocenters. The lowest BCUT2D eigenvalue weighted by atomic mass is 10.0. The fourth-order valence-corrected chi connectivity index (χ4v) is 2.82. The molecular weight excluding hydrogens is 238 g/mol. The molecule has 1 aromatic rings. The van der Waals surface area contributed by atoms with Crippen molar-refractivity contribution in [3.05, 3.63) is 5.69 Å². The van der Waals surface area contributed by atoms with Gasteiger partial charge in [0, 0.05) is 25.2 Å². The summed E-state index contributed by atoms with van der Waals surface area (Å²) in [6, 6.07) is 1.03. The monoisotopic (exact) mass is 265 g/mol. The highest BCUT2D eigenvalue weighted by atomic mass is 15.4. The van der Waals surface area contributed by atoms with Crippen molar-refractivity contribution in [3.8, 4) is 0 Å². The molecule has 0 saturated carbocycles. The molecule has 0 aliphatic carbocycles. The number of aromatic nitrogens is 2. The van der Waals surface area contributed by atoms with Crippen molar-refractivity contribution >= 4 is 11.5 Å². The maximum Gasteiger partial charge on any atom is 0.150 e. The molecule has 1 fully saturated rings. The van der Waals surface area contributed by atoms with Crippen LogP contribution in [0.2, 0.25) is 0 Å². The Morgan fingerprint density at radius 1 is 1.26 bits per heavy atom. The number of rotatable bonds is 3. The van der Waals surface area contributed by atoms with E-state index in [-0.39, 0.29) is 0 Å². The lowest BCUT2D eigenvalue weighted by molar-refractivity contribution is 0.248. The van der Waals surface area contributed by atoms with E-state index in [9.17, 15) is 0 Å². The zero-order valence-corrected chi connectivity index (χ0v) is 12.8. The number of aryl methyl sites for hydroxylation is 1. The molecule has 1 aromatic heterocycles. The molecule has 108 valence electrons. The summed E-state index contributed by atoms with van der Waals surface area (Å²) in [6.45, 7) is 8.42. The molecule has 5 heteroatoms. The van der Waals surface area contributed by atoms with Gasteiger partial charge in [-0.25, -0.2) is 4.68 Å². The van der Waals surface area contributed by atoms with Gasteiger partial charge >= 0.3 is 0 Å². The van der Waals surface area contributed by atoms with E-state index in [1.807, 2.05) is 6.92 Å². The van der Waals surface area contributed by atoms with Crippen LogP contribution in [0.5, 0.6) is 0 Å². The maximum atomic E-state index is 6.23. The van der Waals surface area contributed by atoms with Crippen molar-refractivity contribution in [1.29, 1.82) is 0 Å². The first-order valence-electron chi connectivity index (χ1n) is 7.17. The Kier molecular flexibility index (Phi) is 4.04.